The van der Waals surface area contributed by atoms with Crippen molar-refractivity contribution in [1.82, 2.24) is 24.9 Å². The maximum Gasteiger partial charge on any atom is 0.227 e. The van der Waals surface area contributed by atoms with Gasteiger partial charge < -0.3 is 9.80 Å². The zero-order valence-corrected chi connectivity index (χ0v) is 18.4. The fraction of sp³-hybridized carbons (Fsp3) is 0.500. The smallest absolute Gasteiger partial charge is 0.227 e. The molecule has 7 heteroatoms. The number of likely N-dealkylation sites (tertiary alicyclic amines) is 1. The fourth-order valence-electron chi connectivity index (χ4n) is 5.09. The summed E-state index contributed by atoms with van der Waals surface area (Å²) in [6.45, 7) is 7.46. The summed E-state index contributed by atoms with van der Waals surface area (Å²) in [5, 5.41) is 15.0. The number of piperidine rings is 2. The van der Waals surface area contributed by atoms with Gasteiger partial charge in [0.15, 0.2) is 5.82 Å². The molecule has 2 fully saturated rings. The first kappa shape index (κ1) is 20.0. The standard InChI is InChI=1S/C24H30N6O/c1-17-21-18(2)30(20-11-5-3-6-12-20)27-22(21)23(26-25-17)29-15-9-10-19(16-29)24(31)28-13-7-4-8-14-28/h3,5-6,11-12,19H,4,7-10,13-16H2,1-2H3. The van der Waals surface area contributed by atoms with Crippen molar-refractivity contribution in [1.29, 1.82) is 0 Å². The number of benzene rings is 1. The average Bonchev–Trinajstić information content (AvgIpc) is 3.18. The summed E-state index contributed by atoms with van der Waals surface area (Å²) in [5.74, 6) is 1.14. The molecule has 0 spiro atoms. The number of carbonyl (C=O) groups is 1. The third-order valence-corrected chi connectivity index (χ3v) is 6.72. The minimum absolute atomic E-state index is 0.0299. The molecule has 0 aliphatic carbocycles. The van der Waals surface area contributed by atoms with E-state index < -0.39 is 0 Å². The highest BCUT2D eigenvalue weighted by Crippen LogP contribution is 2.32. The highest BCUT2D eigenvalue weighted by molar-refractivity contribution is 5.92. The quantitative estimate of drug-likeness (QED) is 0.649. The van der Waals surface area contributed by atoms with E-state index in [-0.39, 0.29) is 5.92 Å². The van der Waals surface area contributed by atoms with Crippen LogP contribution in [-0.4, -0.2) is 57.0 Å². The van der Waals surface area contributed by atoms with Crippen molar-refractivity contribution in [3.63, 3.8) is 0 Å². The Labute approximate surface area is 183 Å². The first-order valence-electron chi connectivity index (χ1n) is 11.5. The van der Waals surface area contributed by atoms with E-state index in [9.17, 15) is 4.79 Å². The predicted octanol–water partition coefficient (Wildman–Crippen LogP) is 3.66. The van der Waals surface area contributed by atoms with Crippen molar-refractivity contribution < 1.29 is 4.79 Å². The van der Waals surface area contributed by atoms with Gasteiger partial charge in [0.1, 0.15) is 5.52 Å². The third kappa shape index (κ3) is 3.66. The van der Waals surface area contributed by atoms with Gasteiger partial charge in [-0.3, -0.25) is 4.79 Å². The van der Waals surface area contributed by atoms with Crippen LogP contribution in [0.5, 0.6) is 0 Å². The Bertz CT molecular complexity index is 1090. The van der Waals surface area contributed by atoms with Crippen molar-refractivity contribution in [2.75, 3.05) is 31.1 Å². The van der Waals surface area contributed by atoms with E-state index in [2.05, 4.69) is 39.1 Å². The van der Waals surface area contributed by atoms with Gasteiger partial charge in [-0.1, -0.05) is 18.2 Å². The monoisotopic (exact) mass is 418 g/mol. The number of anilines is 1. The van der Waals surface area contributed by atoms with Crippen LogP contribution < -0.4 is 4.90 Å². The molecule has 2 saturated heterocycles. The number of aromatic nitrogens is 4. The number of fused-ring (bicyclic) bond motifs is 1. The van der Waals surface area contributed by atoms with Crippen LogP contribution in [-0.2, 0) is 4.79 Å². The molecule has 1 unspecified atom stereocenters. The van der Waals surface area contributed by atoms with Gasteiger partial charge in [-0.15, -0.1) is 5.10 Å². The topological polar surface area (TPSA) is 67.2 Å². The largest absolute Gasteiger partial charge is 0.352 e. The molecule has 162 valence electrons. The lowest BCUT2D eigenvalue weighted by Gasteiger charge is -2.36. The van der Waals surface area contributed by atoms with Crippen LogP contribution in [0.1, 0.15) is 43.5 Å². The number of nitrogens with zero attached hydrogens (tertiary/aromatic N) is 6. The highest BCUT2D eigenvalue weighted by Gasteiger charge is 2.32. The van der Waals surface area contributed by atoms with Crippen molar-refractivity contribution >= 4 is 22.6 Å². The van der Waals surface area contributed by atoms with Gasteiger partial charge >= 0.3 is 0 Å². The Hall–Kier alpha value is -2.96. The molecule has 0 N–H and O–H groups in total. The van der Waals surface area contributed by atoms with Crippen molar-refractivity contribution in [2.45, 2.75) is 46.0 Å². The minimum atomic E-state index is 0.0299. The van der Waals surface area contributed by atoms with E-state index >= 15 is 0 Å². The maximum absolute atomic E-state index is 13.1. The lowest BCUT2D eigenvalue weighted by molar-refractivity contribution is -0.136. The van der Waals surface area contributed by atoms with E-state index in [4.69, 9.17) is 5.10 Å². The molecule has 1 amide bonds. The molecule has 7 nitrogen and oxygen atoms in total. The summed E-state index contributed by atoms with van der Waals surface area (Å²) < 4.78 is 1.98. The van der Waals surface area contributed by atoms with E-state index in [1.807, 2.05) is 29.8 Å². The molecule has 2 aromatic heterocycles. The molecule has 1 aromatic carbocycles. The summed E-state index contributed by atoms with van der Waals surface area (Å²) in [7, 11) is 0. The number of amides is 1. The second-order valence-electron chi connectivity index (χ2n) is 8.84. The molecule has 2 aliphatic rings. The van der Waals surface area contributed by atoms with Crippen LogP contribution in [0.15, 0.2) is 30.3 Å². The molecule has 0 bridgehead atoms. The number of hydrogen-bond acceptors (Lipinski definition) is 5. The van der Waals surface area contributed by atoms with Gasteiger partial charge in [-0.05, 0) is 58.1 Å². The van der Waals surface area contributed by atoms with E-state index in [0.717, 1.165) is 79.1 Å². The summed E-state index contributed by atoms with van der Waals surface area (Å²) in [4.78, 5) is 17.4. The molecule has 4 heterocycles. The molecule has 0 radical (unpaired) electrons. The Morgan fingerprint density at radius 3 is 2.52 bits per heavy atom. The lowest BCUT2D eigenvalue weighted by atomic mass is 9.95. The molecule has 0 saturated carbocycles. The van der Waals surface area contributed by atoms with Gasteiger partial charge in [0.2, 0.25) is 5.91 Å². The summed E-state index contributed by atoms with van der Waals surface area (Å²) in [5.41, 5.74) is 3.85. The zero-order valence-electron chi connectivity index (χ0n) is 18.4. The Balaban J connectivity index is 1.48. The second-order valence-corrected chi connectivity index (χ2v) is 8.84. The van der Waals surface area contributed by atoms with Gasteiger partial charge in [0, 0.05) is 26.2 Å². The number of carbonyl (C=O) groups excluding carboxylic acids is 1. The summed E-state index contributed by atoms with van der Waals surface area (Å²) in [6, 6.07) is 10.2. The molecular formula is C24H30N6O. The van der Waals surface area contributed by atoms with Crippen LogP contribution in [0, 0.1) is 19.8 Å². The molecular weight excluding hydrogens is 388 g/mol. The van der Waals surface area contributed by atoms with E-state index in [1.165, 1.54) is 6.42 Å². The van der Waals surface area contributed by atoms with E-state index in [0.29, 0.717) is 12.5 Å². The van der Waals surface area contributed by atoms with Gasteiger partial charge in [-0.25, -0.2) is 4.68 Å². The van der Waals surface area contributed by atoms with Crippen LogP contribution >= 0.6 is 0 Å². The van der Waals surface area contributed by atoms with Gasteiger partial charge in [-0.2, -0.15) is 10.2 Å². The first-order chi connectivity index (χ1) is 15.1. The number of para-hydroxylation sites is 1. The van der Waals surface area contributed by atoms with Crippen molar-refractivity contribution in [3.8, 4) is 5.69 Å². The van der Waals surface area contributed by atoms with Gasteiger partial charge in [0.25, 0.3) is 0 Å². The first-order valence-corrected chi connectivity index (χ1v) is 11.5. The van der Waals surface area contributed by atoms with Crippen LogP contribution in [0.3, 0.4) is 0 Å². The zero-order chi connectivity index (χ0) is 21.4. The Kier molecular flexibility index (Phi) is 5.34. The molecule has 3 aromatic rings. The molecule has 1 atom stereocenters. The fourth-order valence-corrected chi connectivity index (χ4v) is 5.09. The Morgan fingerprint density at radius 1 is 0.968 bits per heavy atom. The summed E-state index contributed by atoms with van der Waals surface area (Å²) in [6.07, 6.45) is 5.43. The van der Waals surface area contributed by atoms with E-state index in [1.54, 1.807) is 0 Å². The highest BCUT2D eigenvalue weighted by atomic mass is 16.2. The lowest BCUT2D eigenvalue weighted by Crippen LogP contribution is -2.46. The molecule has 31 heavy (non-hydrogen) atoms. The third-order valence-electron chi connectivity index (χ3n) is 6.72. The van der Waals surface area contributed by atoms with Gasteiger partial charge in [0.05, 0.1) is 28.4 Å². The number of hydrogen-bond donors (Lipinski definition) is 0. The Morgan fingerprint density at radius 2 is 1.74 bits per heavy atom. The number of aryl methyl sites for hydroxylation is 2. The normalized spacial score (nSPS) is 19.7. The van der Waals surface area contributed by atoms with Crippen molar-refractivity contribution in [3.05, 3.63) is 41.7 Å². The number of rotatable bonds is 3. The van der Waals surface area contributed by atoms with Crippen LogP contribution in [0.2, 0.25) is 0 Å². The maximum atomic E-state index is 13.1. The predicted molar refractivity (Wildman–Crippen MR) is 122 cm³/mol. The molecule has 5 rings (SSSR count). The van der Waals surface area contributed by atoms with Crippen LogP contribution in [0.4, 0.5) is 5.82 Å². The average molecular weight is 419 g/mol. The SMILES string of the molecule is Cc1nnc(N2CCCC(C(=O)N3CCCCC3)C2)c2nn(-c3ccccc3)c(C)c12. The molecule has 2 aliphatic heterocycles. The second kappa shape index (κ2) is 8.29. The summed E-state index contributed by atoms with van der Waals surface area (Å²) >= 11 is 0. The minimum Gasteiger partial charge on any atom is -0.352 e. The van der Waals surface area contributed by atoms with Crippen molar-refractivity contribution in [2.24, 2.45) is 5.92 Å². The van der Waals surface area contributed by atoms with Crippen LogP contribution in [0.25, 0.3) is 16.6 Å².